The van der Waals surface area contributed by atoms with Crippen LogP contribution in [0.15, 0.2) is 30.3 Å². The zero-order valence-corrected chi connectivity index (χ0v) is 10.8. The quantitative estimate of drug-likeness (QED) is 0.802. The van der Waals surface area contributed by atoms with E-state index in [1.54, 1.807) is 4.68 Å². The van der Waals surface area contributed by atoms with Gasteiger partial charge in [0.2, 0.25) is 5.91 Å². The molecular weight excluding hydrogens is 242 g/mol. The van der Waals surface area contributed by atoms with Gasteiger partial charge in [-0.1, -0.05) is 23.4 Å². The molecule has 19 heavy (non-hydrogen) atoms. The van der Waals surface area contributed by atoms with Crippen LogP contribution in [0.1, 0.15) is 11.4 Å². The summed E-state index contributed by atoms with van der Waals surface area (Å²) in [4.78, 5) is 11.6. The van der Waals surface area contributed by atoms with Gasteiger partial charge in [-0.3, -0.25) is 4.79 Å². The molecule has 0 unspecified atom stereocenters. The van der Waals surface area contributed by atoms with Gasteiger partial charge >= 0.3 is 0 Å². The number of para-hydroxylation sites is 1. The molecule has 0 bridgehead atoms. The summed E-state index contributed by atoms with van der Waals surface area (Å²) in [5.74, 6) is -0.0892. The summed E-state index contributed by atoms with van der Waals surface area (Å²) in [6.45, 7) is 2.81. The summed E-state index contributed by atoms with van der Waals surface area (Å²) in [5.41, 5.74) is 7.81. The Morgan fingerprint density at radius 3 is 2.79 bits per heavy atom. The van der Waals surface area contributed by atoms with Crippen LogP contribution < -0.4 is 11.1 Å². The maximum atomic E-state index is 11.6. The minimum atomic E-state index is -0.0892. The molecule has 1 amide bonds. The monoisotopic (exact) mass is 259 g/mol. The molecule has 0 spiro atoms. The molecule has 2 aromatic rings. The molecule has 100 valence electrons. The van der Waals surface area contributed by atoms with Gasteiger partial charge in [0.25, 0.3) is 0 Å². The predicted octanol–water partition coefficient (Wildman–Crippen LogP) is 0.193. The van der Waals surface area contributed by atoms with E-state index in [9.17, 15) is 4.79 Å². The molecule has 3 N–H and O–H groups in total. The van der Waals surface area contributed by atoms with E-state index in [0.29, 0.717) is 18.8 Å². The van der Waals surface area contributed by atoms with E-state index in [-0.39, 0.29) is 12.3 Å². The van der Waals surface area contributed by atoms with Crippen molar-refractivity contribution in [3.05, 3.63) is 41.7 Å². The number of benzene rings is 1. The standard InChI is InChI=1S/C13H17N5O/c1-10-12(9-13(19)15-8-7-14)16-17-18(10)11-5-3-2-4-6-11/h2-6H,7-9,14H2,1H3,(H,15,19). The number of nitrogens with two attached hydrogens (primary N) is 1. The Labute approximate surface area is 111 Å². The van der Waals surface area contributed by atoms with Crippen LogP contribution in [0.5, 0.6) is 0 Å². The largest absolute Gasteiger partial charge is 0.354 e. The summed E-state index contributed by atoms with van der Waals surface area (Å²) >= 11 is 0. The van der Waals surface area contributed by atoms with Gasteiger partial charge in [0, 0.05) is 13.1 Å². The first kappa shape index (κ1) is 13.2. The first-order valence-corrected chi connectivity index (χ1v) is 6.15. The molecule has 1 aromatic heterocycles. The van der Waals surface area contributed by atoms with E-state index in [1.165, 1.54) is 0 Å². The normalized spacial score (nSPS) is 10.4. The fourth-order valence-corrected chi connectivity index (χ4v) is 1.76. The predicted molar refractivity (Wildman–Crippen MR) is 71.9 cm³/mol. The molecule has 0 fully saturated rings. The highest BCUT2D eigenvalue weighted by atomic mass is 16.1. The van der Waals surface area contributed by atoms with Gasteiger partial charge < -0.3 is 11.1 Å². The Bertz CT molecular complexity index is 549. The van der Waals surface area contributed by atoms with Crippen LogP contribution in [-0.2, 0) is 11.2 Å². The van der Waals surface area contributed by atoms with Gasteiger partial charge in [0.05, 0.1) is 23.5 Å². The van der Waals surface area contributed by atoms with E-state index in [2.05, 4.69) is 15.6 Å². The molecule has 6 heteroatoms. The summed E-state index contributed by atoms with van der Waals surface area (Å²) < 4.78 is 1.73. The van der Waals surface area contributed by atoms with Gasteiger partial charge in [-0.25, -0.2) is 4.68 Å². The van der Waals surface area contributed by atoms with Gasteiger partial charge in [-0.15, -0.1) is 5.10 Å². The number of hydrogen-bond acceptors (Lipinski definition) is 4. The van der Waals surface area contributed by atoms with Gasteiger partial charge in [0.15, 0.2) is 0 Å². The van der Waals surface area contributed by atoms with Crippen LogP contribution in [0.2, 0.25) is 0 Å². The number of nitrogens with one attached hydrogen (secondary N) is 1. The van der Waals surface area contributed by atoms with E-state index in [0.717, 1.165) is 11.4 Å². The Morgan fingerprint density at radius 2 is 2.11 bits per heavy atom. The van der Waals surface area contributed by atoms with Gasteiger partial charge in [-0.05, 0) is 19.1 Å². The topological polar surface area (TPSA) is 85.8 Å². The van der Waals surface area contributed by atoms with Crippen molar-refractivity contribution < 1.29 is 4.79 Å². The summed E-state index contributed by atoms with van der Waals surface area (Å²) in [5, 5.41) is 10.9. The van der Waals surface area contributed by atoms with Crippen molar-refractivity contribution in [1.29, 1.82) is 0 Å². The zero-order chi connectivity index (χ0) is 13.7. The second-order valence-corrected chi connectivity index (χ2v) is 4.18. The van der Waals surface area contributed by atoms with Gasteiger partial charge in [0.1, 0.15) is 0 Å². The molecule has 1 heterocycles. The molecule has 0 saturated carbocycles. The zero-order valence-electron chi connectivity index (χ0n) is 10.8. The summed E-state index contributed by atoms with van der Waals surface area (Å²) in [6, 6.07) is 9.70. The van der Waals surface area contributed by atoms with Crippen LogP contribution in [0.3, 0.4) is 0 Å². The number of rotatable bonds is 5. The second-order valence-electron chi connectivity index (χ2n) is 4.18. The van der Waals surface area contributed by atoms with Crippen LogP contribution >= 0.6 is 0 Å². The van der Waals surface area contributed by atoms with Crippen LogP contribution in [0.25, 0.3) is 5.69 Å². The molecule has 2 rings (SSSR count). The third-order valence-electron chi connectivity index (χ3n) is 2.79. The lowest BCUT2D eigenvalue weighted by Gasteiger charge is -2.04. The molecule has 0 aliphatic carbocycles. The minimum Gasteiger partial charge on any atom is -0.354 e. The van der Waals surface area contributed by atoms with E-state index >= 15 is 0 Å². The maximum Gasteiger partial charge on any atom is 0.226 e. The van der Waals surface area contributed by atoms with Crippen molar-refractivity contribution in [2.24, 2.45) is 5.73 Å². The summed E-state index contributed by atoms with van der Waals surface area (Å²) in [7, 11) is 0. The van der Waals surface area contributed by atoms with E-state index < -0.39 is 0 Å². The Balaban J connectivity index is 2.13. The highest BCUT2D eigenvalue weighted by Crippen LogP contribution is 2.11. The number of hydrogen-bond donors (Lipinski definition) is 2. The molecule has 0 saturated heterocycles. The number of carbonyl (C=O) groups is 1. The van der Waals surface area contributed by atoms with Crippen LogP contribution in [0, 0.1) is 6.92 Å². The van der Waals surface area contributed by atoms with Crippen molar-refractivity contribution in [3.63, 3.8) is 0 Å². The highest BCUT2D eigenvalue weighted by Gasteiger charge is 2.13. The van der Waals surface area contributed by atoms with Crippen molar-refractivity contribution in [2.45, 2.75) is 13.3 Å². The van der Waals surface area contributed by atoms with E-state index in [4.69, 9.17) is 5.73 Å². The van der Waals surface area contributed by atoms with Crippen molar-refractivity contribution in [3.8, 4) is 5.69 Å². The molecule has 0 radical (unpaired) electrons. The second kappa shape index (κ2) is 6.10. The number of nitrogens with zero attached hydrogens (tertiary/aromatic N) is 3. The highest BCUT2D eigenvalue weighted by molar-refractivity contribution is 5.78. The smallest absolute Gasteiger partial charge is 0.226 e. The first-order valence-electron chi connectivity index (χ1n) is 6.15. The SMILES string of the molecule is Cc1c(CC(=O)NCCN)nnn1-c1ccccc1. The number of amides is 1. The average molecular weight is 259 g/mol. The molecule has 0 aliphatic heterocycles. The third kappa shape index (κ3) is 3.17. The van der Waals surface area contributed by atoms with Crippen molar-refractivity contribution >= 4 is 5.91 Å². The maximum absolute atomic E-state index is 11.6. The Kier molecular flexibility index (Phi) is 4.25. The van der Waals surface area contributed by atoms with Crippen molar-refractivity contribution in [2.75, 3.05) is 13.1 Å². The number of carbonyl (C=O) groups excluding carboxylic acids is 1. The lowest BCUT2D eigenvalue weighted by molar-refractivity contribution is -0.120. The fourth-order valence-electron chi connectivity index (χ4n) is 1.76. The number of aromatic nitrogens is 3. The van der Waals surface area contributed by atoms with Crippen molar-refractivity contribution in [1.82, 2.24) is 20.3 Å². The van der Waals surface area contributed by atoms with Crippen LogP contribution in [-0.4, -0.2) is 34.0 Å². The Morgan fingerprint density at radius 1 is 1.37 bits per heavy atom. The van der Waals surface area contributed by atoms with Gasteiger partial charge in [-0.2, -0.15) is 0 Å². The first-order chi connectivity index (χ1) is 9.22. The lowest BCUT2D eigenvalue weighted by atomic mass is 10.2. The minimum absolute atomic E-state index is 0.0892. The Hall–Kier alpha value is -2.21. The van der Waals surface area contributed by atoms with Crippen LogP contribution in [0.4, 0.5) is 0 Å². The average Bonchev–Trinajstić information content (AvgIpc) is 2.79. The molecule has 1 aromatic carbocycles. The molecule has 0 aliphatic rings. The third-order valence-corrected chi connectivity index (χ3v) is 2.79. The fraction of sp³-hybridized carbons (Fsp3) is 0.308. The lowest BCUT2D eigenvalue weighted by Crippen LogP contribution is -2.30. The molecular formula is C13H17N5O. The molecule has 0 atom stereocenters. The van der Waals surface area contributed by atoms with E-state index in [1.807, 2.05) is 37.3 Å². The summed E-state index contributed by atoms with van der Waals surface area (Å²) in [6.07, 6.45) is 0.221. The molecule has 6 nitrogen and oxygen atoms in total.